The Bertz CT molecular complexity index is 2710. The van der Waals surface area contributed by atoms with Crippen LogP contribution < -0.4 is 20.7 Å². The van der Waals surface area contributed by atoms with Crippen LogP contribution in [0.2, 0.25) is 0 Å². The summed E-state index contributed by atoms with van der Waals surface area (Å²) in [6.07, 6.45) is 6.35. The number of fused-ring (bicyclic) bond motifs is 9. The highest BCUT2D eigenvalue weighted by atomic mass is 32.1. The van der Waals surface area contributed by atoms with Crippen molar-refractivity contribution in [1.29, 1.82) is 0 Å². The smallest absolute Gasteiger partial charge is 0.135 e. The molecule has 5 atom stereocenters. The summed E-state index contributed by atoms with van der Waals surface area (Å²) in [4.78, 5) is 0. The zero-order chi connectivity index (χ0) is 33.5. The van der Waals surface area contributed by atoms with Gasteiger partial charge in [0.25, 0.3) is 0 Å². The predicted octanol–water partition coefficient (Wildman–Crippen LogP) is 10.6. The van der Waals surface area contributed by atoms with Crippen LogP contribution in [0.1, 0.15) is 52.2 Å². The van der Waals surface area contributed by atoms with Crippen molar-refractivity contribution in [3.63, 3.8) is 0 Å². The molecule has 1 fully saturated rings. The molecule has 246 valence electrons. The molecule has 5 unspecified atom stereocenters. The van der Waals surface area contributed by atoms with E-state index in [9.17, 15) is 0 Å². The zero-order valence-electron chi connectivity index (χ0n) is 27.5. The highest BCUT2D eigenvalue weighted by Gasteiger charge is 2.37. The molecule has 6 heteroatoms. The maximum absolute atomic E-state index is 6.55. The Labute approximate surface area is 298 Å². The quantitative estimate of drug-likeness (QED) is 0.173. The monoisotopic (exact) mass is 679 g/mol. The zero-order valence-corrected chi connectivity index (χ0v) is 28.4. The molecule has 0 amide bonds. The largest absolute Gasteiger partial charge is 0.484 e. The summed E-state index contributed by atoms with van der Waals surface area (Å²) >= 11 is 1.85. The van der Waals surface area contributed by atoms with Gasteiger partial charge >= 0.3 is 0 Å². The van der Waals surface area contributed by atoms with Gasteiger partial charge in [-0.2, -0.15) is 0 Å². The van der Waals surface area contributed by atoms with Crippen LogP contribution >= 0.6 is 11.3 Å². The Morgan fingerprint density at radius 3 is 2.20 bits per heavy atom. The fourth-order valence-corrected chi connectivity index (χ4v) is 9.45. The van der Waals surface area contributed by atoms with Gasteiger partial charge in [-0.25, -0.2) is 0 Å². The molecule has 11 rings (SSSR count). The molecule has 0 radical (unpaired) electrons. The van der Waals surface area contributed by atoms with Gasteiger partial charge in [0, 0.05) is 48.0 Å². The molecule has 0 spiro atoms. The first-order chi connectivity index (χ1) is 25.2. The molecule has 2 aromatic heterocycles. The van der Waals surface area contributed by atoms with Crippen LogP contribution in [0.25, 0.3) is 47.7 Å². The van der Waals surface area contributed by atoms with Crippen molar-refractivity contribution in [2.75, 3.05) is 0 Å². The average Bonchev–Trinajstić information content (AvgIpc) is 3.89. The van der Waals surface area contributed by atoms with Crippen molar-refractivity contribution in [3.05, 3.63) is 180 Å². The van der Waals surface area contributed by atoms with Crippen LogP contribution in [-0.2, 0) is 0 Å². The van der Waals surface area contributed by atoms with Crippen molar-refractivity contribution in [1.82, 2.24) is 16.0 Å². The lowest BCUT2D eigenvalue weighted by Gasteiger charge is -2.40. The Morgan fingerprint density at radius 1 is 0.549 bits per heavy atom. The molecular formula is C45H33N3O2S. The Hall–Kier alpha value is -5.50. The summed E-state index contributed by atoms with van der Waals surface area (Å²) in [7, 11) is 0. The minimum absolute atomic E-state index is 0.0166. The van der Waals surface area contributed by atoms with E-state index < -0.39 is 0 Å². The topological polar surface area (TPSA) is 58.5 Å². The second-order valence-corrected chi connectivity index (χ2v) is 14.8. The summed E-state index contributed by atoms with van der Waals surface area (Å²) in [6, 6.07) is 47.6. The Balaban J connectivity index is 0.993. The SMILES string of the molecule is C1=CC2c3ccccc3OC2C(c2ccc3sc4ccc(C5NC(c6ccccc6)NC(c6cccc7oc8ccccc8c67)N5)cc4c3c2)=C1. The van der Waals surface area contributed by atoms with Crippen molar-refractivity contribution < 1.29 is 9.15 Å². The molecule has 6 aromatic carbocycles. The number of benzene rings is 6. The number of nitrogens with one attached hydrogen (secondary N) is 3. The molecule has 51 heavy (non-hydrogen) atoms. The third kappa shape index (κ3) is 4.72. The van der Waals surface area contributed by atoms with E-state index in [1.165, 1.54) is 53.6 Å². The number of para-hydroxylation sites is 2. The van der Waals surface area contributed by atoms with Crippen LogP contribution in [-0.4, -0.2) is 6.10 Å². The number of thiophene rings is 1. The highest BCUT2D eigenvalue weighted by Crippen LogP contribution is 2.47. The molecule has 3 aliphatic rings. The third-order valence-corrected chi connectivity index (χ3v) is 11.9. The van der Waals surface area contributed by atoms with E-state index in [1.807, 2.05) is 23.5 Å². The molecular weight excluding hydrogens is 647 g/mol. The third-order valence-electron chi connectivity index (χ3n) is 10.8. The minimum atomic E-state index is -0.137. The van der Waals surface area contributed by atoms with Gasteiger partial charge in [-0.15, -0.1) is 11.3 Å². The van der Waals surface area contributed by atoms with Gasteiger partial charge in [0.2, 0.25) is 0 Å². The van der Waals surface area contributed by atoms with Crippen LogP contribution in [0.5, 0.6) is 5.75 Å². The van der Waals surface area contributed by atoms with Crippen LogP contribution in [0.3, 0.4) is 0 Å². The van der Waals surface area contributed by atoms with Gasteiger partial charge in [-0.05, 0) is 64.7 Å². The molecule has 0 bridgehead atoms. The number of hydrogen-bond donors (Lipinski definition) is 3. The van der Waals surface area contributed by atoms with Crippen LogP contribution in [0.4, 0.5) is 0 Å². The van der Waals surface area contributed by atoms with E-state index in [4.69, 9.17) is 9.15 Å². The first-order valence-electron chi connectivity index (χ1n) is 17.6. The molecule has 5 nitrogen and oxygen atoms in total. The normalized spacial score (nSPS) is 22.7. The first-order valence-corrected chi connectivity index (χ1v) is 18.4. The summed E-state index contributed by atoms with van der Waals surface area (Å²) in [5.41, 5.74) is 9.05. The first kappa shape index (κ1) is 29.3. The molecule has 2 aliphatic heterocycles. The summed E-state index contributed by atoms with van der Waals surface area (Å²) < 4.78 is 15.4. The average molecular weight is 680 g/mol. The fraction of sp³-hybridized carbons (Fsp3) is 0.111. The van der Waals surface area contributed by atoms with Crippen molar-refractivity contribution in [3.8, 4) is 5.75 Å². The summed E-state index contributed by atoms with van der Waals surface area (Å²) in [5.74, 6) is 1.22. The van der Waals surface area contributed by atoms with Gasteiger partial charge in [0.05, 0.1) is 18.5 Å². The molecule has 1 saturated heterocycles. The van der Waals surface area contributed by atoms with Crippen LogP contribution in [0.15, 0.2) is 156 Å². The number of rotatable bonds is 4. The summed E-state index contributed by atoms with van der Waals surface area (Å²) in [5, 5.41) is 16.5. The molecule has 8 aromatic rings. The van der Waals surface area contributed by atoms with Gasteiger partial charge in [-0.3, -0.25) is 16.0 Å². The second-order valence-electron chi connectivity index (χ2n) is 13.7. The summed E-state index contributed by atoms with van der Waals surface area (Å²) in [6.45, 7) is 0. The number of allylic oxidation sites excluding steroid dienone is 2. The van der Waals surface area contributed by atoms with Crippen LogP contribution in [0, 0.1) is 0 Å². The lowest BCUT2D eigenvalue weighted by molar-refractivity contribution is 0.204. The maximum atomic E-state index is 6.55. The lowest BCUT2D eigenvalue weighted by atomic mass is 9.84. The molecule has 1 aliphatic carbocycles. The number of ether oxygens (including phenoxy) is 1. The molecule has 0 saturated carbocycles. The van der Waals surface area contributed by atoms with Gasteiger partial charge in [0.1, 0.15) is 23.0 Å². The Kier molecular flexibility index (Phi) is 6.61. The van der Waals surface area contributed by atoms with Crippen molar-refractivity contribution in [2.45, 2.75) is 30.5 Å². The highest BCUT2D eigenvalue weighted by molar-refractivity contribution is 7.25. The predicted molar refractivity (Wildman–Crippen MR) is 208 cm³/mol. The Morgan fingerprint density at radius 2 is 1.27 bits per heavy atom. The molecule has 3 N–H and O–H groups in total. The van der Waals surface area contributed by atoms with E-state index in [1.54, 1.807) is 0 Å². The van der Waals surface area contributed by atoms with Gasteiger partial charge in [-0.1, -0.05) is 109 Å². The standard InChI is InChI=1S/C45H33N3O2S/c1-2-10-26(11-3-1)43-46-44(48-45(47-43)33-16-9-19-38-41(33)32-13-5-7-18-37(32)49-38)28-21-23-40-35(25-28)34-24-27(20-22-39(34)51-40)29-14-8-15-31-30-12-4-6-17-36(30)50-42(29)31/h1-25,31,42-48H. The van der Waals surface area contributed by atoms with E-state index >= 15 is 0 Å². The lowest BCUT2D eigenvalue weighted by Crippen LogP contribution is -2.54. The van der Waals surface area contributed by atoms with E-state index in [2.05, 4.69) is 156 Å². The van der Waals surface area contributed by atoms with E-state index in [0.717, 1.165) is 27.7 Å². The van der Waals surface area contributed by atoms with Crippen molar-refractivity contribution >= 4 is 59.0 Å². The minimum Gasteiger partial charge on any atom is -0.484 e. The maximum Gasteiger partial charge on any atom is 0.135 e. The van der Waals surface area contributed by atoms with Gasteiger partial charge < -0.3 is 9.15 Å². The molecule has 4 heterocycles. The van der Waals surface area contributed by atoms with Crippen molar-refractivity contribution in [2.24, 2.45) is 0 Å². The van der Waals surface area contributed by atoms with E-state index in [0.29, 0.717) is 0 Å². The number of hydrogen-bond acceptors (Lipinski definition) is 6. The second kappa shape index (κ2) is 11.5. The van der Waals surface area contributed by atoms with E-state index in [-0.39, 0.29) is 30.5 Å². The number of furan rings is 1. The van der Waals surface area contributed by atoms with Gasteiger partial charge in [0.15, 0.2) is 0 Å². The fourth-order valence-electron chi connectivity index (χ4n) is 8.38.